The number of morpholine rings is 1. The molecule has 2 aliphatic rings. The average Bonchev–Trinajstić information content (AvgIpc) is 2.63. The van der Waals surface area contributed by atoms with E-state index in [0.717, 1.165) is 51.6 Å². The maximum Gasteiger partial charge on any atom is 0.108 e. The normalized spacial score (nSPS) is 23.8. The number of nitrogens with zero attached hydrogens (tertiary/aromatic N) is 3. The number of para-hydroxylation sites is 2. The second kappa shape index (κ2) is 8.49. The molecule has 0 radical (unpaired) electrons. The van der Waals surface area contributed by atoms with Crippen LogP contribution < -0.4 is 4.90 Å². The number of hydrogen-bond acceptors (Lipinski definition) is 4. The molecule has 0 bridgehead atoms. The first-order valence-corrected chi connectivity index (χ1v) is 9.00. The lowest BCUT2D eigenvalue weighted by Gasteiger charge is -2.34. The summed E-state index contributed by atoms with van der Waals surface area (Å²) in [4.78, 5) is 9.82. The van der Waals surface area contributed by atoms with E-state index in [9.17, 15) is 0 Å². The molecular weight excluding hydrogens is 302 g/mol. The number of aliphatic imine (C=N–C) groups is 1. The largest absolute Gasteiger partial charge is 0.385 e. The van der Waals surface area contributed by atoms with Gasteiger partial charge in [0.15, 0.2) is 0 Å². The molecule has 2 heterocycles. The molecule has 24 heavy (non-hydrogen) atoms. The predicted octanol–water partition coefficient (Wildman–Crippen LogP) is 2.93. The Hall–Kier alpha value is -1.59. The first-order valence-electron chi connectivity index (χ1n) is 9.00. The Morgan fingerprint density at radius 2 is 2.00 bits per heavy atom. The molecule has 0 aromatic heterocycles. The van der Waals surface area contributed by atoms with Crippen molar-refractivity contribution in [3.63, 3.8) is 0 Å². The van der Waals surface area contributed by atoms with Crippen molar-refractivity contribution in [3.05, 3.63) is 24.3 Å². The van der Waals surface area contributed by atoms with E-state index in [1.165, 1.54) is 24.4 Å². The molecule has 132 valence electrons. The van der Waals surface area contributed by atoms with Crippen LogP contribution in [0.4, 0.5) is 11.4 Å². The minimum absolute atomic E-state index is 0.487. The summed E-state index contributed by atoms with van der Waals surface area (Å²) >= 11 is 0. The van der Waals surface area contributed by atoms with Gasteiger partial charge in [-0.05, 0) is 31.4 Å². The van der Waals surface area contributed by atoms with Gasteiger partial charge in [0.25, 0.3) is 0 Å². The van der Waals surface area contributed by atoms with E-state index in [4.69, 9.17) is 14.5 Å². The third-order valence-electron chi connectivity index (χ3n) is 4.94. The highest BCUT2D eigenvalue weighted by atomic mass is 16.5. The van der Waals surface area contributed by atoms with Gasteiger partial charge in [-0.15, -0.1) is 0 Å². The third kappa shape index (κ3) is 4.08. The zero-order valence-corrected chi connectivity index (χ0v) is 14.9. The lowest BCUT2D eigenvalue weighted by atomic mass is 9.93. The molecule has 2 fully saturated rings. The maximum absolute atomic E-state index is 5.49. The number of ether oxygens (including phenoxy) is 2. The topological polar surface area (TPSA) is 37.3 Å². The molecule has 2 aliphatic heterocycles. The third-order valence-corrected chi connectivity index (χ3v) is 4.94. The lowest BCUT2D eigenvalue weighted by Crippen LogP contribution is -2.39. The van der Waals surface area contributed by atoms with Crippen LogP contribution in [0, 0.1) is 5.92 Å². The molecular formula is C19H29N3O2. The molecule has 0 N–H and O–H groups in total. The molecule has 0 saturated carbocycles. The quantitative estimate of drug-likeness (QED) is 0.831. The molecule has 0 spiro atoms. The highest BCUT2D eigenvalue weighted by Crippen LogP contribution is 2.32. The lowest BCUT2D eigenvalue weighted by molar-refractivity contribution is 0.123. The fourth-order valence-corrected chi connectivity index (χ4v) is 3.59. The van der Waals surface area contributed by atoms with Crippen LogP contribution in [0.15, 0.2) is 29.3 Å². The summed E-state index contributed by atoms with van der Waals surface area (Å²) in [6.07, 6.45) is 3.47. The Balaban J connectivity index is 1.87. The van der Waals surface area contributed by atoms with Gasteiger partial charge in [0, 0.05) is 46.3 Å². The van der Waals surface area contributed by atoms with Gasteiger partial charge in [0.05, 0.1) is 24.6 Å². The Labute approximate surface area is 145 Å². The Morgan fingerprint density at radius 3 is 2.79 bits per heavy atom. The van der Waals surface area contributed by atoms with Crippen LogP contribution in [0.1, 0.15) is 19.3 Å². The molecule has 2 saturated heterocycles. The summed E-state index contributed by atoms with van der Waals surface area (Å²) in [5.74, 6) is 1.69. The second-order valence-corrected chi connectivity index (χ2v) is 6.60. The van der Waals surface area contributed by atoms with Crippen LogP contribution >= 0.6 is 0 Å². The summed E-state index contributed by atoms with van der Waals surface area (Å²) in [7, 11) is 3.94. The van der Waals surface area contributed by atoms with Crippen LogP contribution in [-0.4, -0.2) is 64.3 Å². The van der Waals surface area contributed by atoms with E-state index >= 15 is 0 Å². The number of piperidine rings is 1. The van der Waals surface area contributed by atoms with Gasteiger partial charge in [-0.1, -0.05) is 12.1 Å². The number of likely N-dealkylation sites (tertiary alicyclic amines) is 1. The first-order chi connectivity index (χ1) is 11.8. The zero-order chi connectivity index (χ0) is 16.8. The van der Waals surface area contributed by atoms with E-state index in [0.29, 0.717) is 5.92 Å². The number of anilines is 1. The van der Waals surface area contributed by atoms with Gasteiger partial charge in [-0.2, -0.15) is 0 Å². The monoisotopic (exact) mass is 331 g/mol. The number of amidine groups is 1. The molecule has 3 rings (SSSR count). The van der Waals surface area contributed by atoms with Crippen LogP contribution in [0.2, 0.25) is 0 Å². The van der Waals surface area contributed by atoms with Gasteiger partial charge in [-0.3, -0.25) is 0 Å². The standard InChI is InChI=1S/C19H29N3O2/c1-21-10-5-6-16(9-13-23-2)19(21)20-17-7-3-4-8-18(17)22-11-14-24-15-12-22/h3-4,7-8,16H,5-6,9-15H2,1-2H3/b20-19-. The Bertz CT molecular complexity index is 555. The first kappa shape index (κ1) is 17.2. The van der Waals surface area contributed by atoms with Crippen molar-refractivity contribution >= 4 is 17.2 Å². The molecule has 5 heteroatoms. The van der Waals surface area contributed by atoms with E-state index in [2.05, 4.69) is 41.1 Å². The summed E-state index contributed by atoms with van der Waals surface area (Å²) < 4.78 is 10.8. The number of hydrogen-bond donors (Lipinski definition) is 0. The highest BCUT2D eigenvalue weighted by molar-refractivity contribution is 5.89. The van der Waals surface area contributed by atoms with Gasteiger partial charge < -0.3 is 19.3 Å². The van der Waals surface area contributed by atoms with Crippen LogP contribution in [0.3, 0.4) is 0 Å². The summed E-state index contributed by atoms with van der Waals surface area (Å²) in [5, 5.41) is 0. The van der Waals surface area contributed by atoms with Crippen molar-refractivity contribution in [3.8, 4) is 0 Å². The zero-order valence-electron chi connectivity index (χ0n) is 14.9. The van der Waals surface area contributed by atoms with Crippen molar-refractivity contribution in [2.75, 3.05) is 58.5 Å². The van der Waals surface area contributed by atoms with Gasteiger partial charge in [-0.25, -0.2) is 4.99 Å². The van der Waals surface area contributed by atoms with Crippen molar-refractivity contribution in [2.45, 2.75) is 19.3 Å². The van der Waals surface area contributed by atoms with Crippen LogP contribution in [0.5, 0.6) is 0 Å². The number of methoxy groups -OCH3 is 1. The minimum atomic E-state index is 0.487. The van der Waals surface area contributed by atoms with Crippen LogP contribution in [-0.2, 0) is 9.47 Å². The molecule has 1 aromatic rings. The Kier molecular flexibility index (Phi) is 6.10. The summed E-state index contributed by atoms with van der Waals surface area (Å²) in [6, 6.07) is 8.49. The fraction of sp³-hybridized carbons (Fsp3) is 0.632. The van der Waals surface area contributed by atoms with Crippen LogP contribution in [0.25, 0.3) is 0 Å². The Morgan fingerprint density at radius 1 is 1.21 bits per heavy atom. The number of rotatable bonds is 5. The molecule has 1 unspecified atom stereocenters. The fourth-order valence-electron chi connectivity index (χ4n) is 3.59. The maximum atomic E-state index is 5.49. The van der Waals surface area contributed by atoms with E-state index < -0.39 is 0 Å². The minimum Gasteiger partial charge on any atom is -0.385 e. The molecule has 0 amide bonds. The van der Waals surface area contributed by atoms with Gasteiger partial charge >= 0.3 is 0 Å². The van der Waals surface area contributed by atoms with Crippen molar-refractivity contribution in [1.82, 2.24) is 4.90 Å². The molecule has 1 aromatic carbocycles. The van der Waals surface area contributed by atoms with E-state index in [1.807, 2.05) is 0 Å². The molecule has 1 atom stereocenters. The SMILES string of the molecule is COCCC1CCCN(C)/C1=N\c1ccccc1N1CCOCC1. The number of benzene rings is 1. The smallest absolute Gasteiger partial charge is 0.108 e. The van der Waals surface area contributed by atoms with Crippen molar-refractivity contribution in [2.24, 2.45) is 10.9 Å². The molecule has 0 aliphatic carbocycles. The molecule has 5 nitrogen and oxygen atoms in total. The average molecular weight is 331 g/mol. The van der Waals surface area contributed by atoms with Gasteiger partial charge in [0.1, 0.15) is 5.84 Å². The second-order valence-electron chi connectivity index (χ2n) is 6.60. The van der Waals surface area contributed by atoms with E-state index in [1.54, 1.807) is 7.11 Å². The predicted molar refractivity (Wildman–Crippen MR) is 98.4 cm³/mol. The van der Waals surface area contributed by atoms with Crippen molar-refractivity contribution in [1.29, 1.82) is 0 Å². The van der Waals surface area contributed by atoms with E-state index in [-0.39, 0.29) is 0 Å². The summed E-state index contributed by atoms with van der Waals surface area (Å²) in [6.45, 7) is 5.34. The van der Waals surface area contributed by atoms with Crippen molar-refractivity contribution < 1.29 is 9.47 Å². The van der Waals surface area contributed by atoms with Gasteiger partial charge in [0.2, 0.25) is 0 Å². The highest BCUT2D eigenvalue weighted by Gasteiger charge is 2.25. The summed E-state index contributed by atoms with van der Waals surface area (Å²) in [5.41, 5.74) is 2.29.